The second-order valence-electron chi connectivity index (χ2n) is 4.29. The molecule has 2 aromatic rings. The molecule has 2 rings (SSSR count). The first-order valence-electron chi connectivity index (χ1n) is 6.74. The number of aromatic nitrogens is 1. The van der Waals surface area contributed by atoms with E-state index in [1.165, 1.54) is 5.56 Å². The zero-order chi connectivity index (χ0) is 13.5. The van der Waals surface area contributed by atoms with Gasteiger partial charge in [0.25, 0.3) is 0 Å². The third-order valence-electron chi connectivity index (χ3n) is 2.89. The number of anilines is 1. The summed E-state index contributed by atoms with van der Waals surface area (Å²) in [6, 6.07) is 14.1. The van der Waals surface area contributed by atoms with Crippen LogP contribution in [0.25, 0.3) is 0 Å². The molecular formula is C16H20N2O. The van der Waals surface area contributed by atoms with E-state index in [0.29, 0.717) is 6.61 Å². The molecule has 1 aromatic carbocycles. The van der Waals surface area contributed by atoms with Crippen molar-refractivity contribution >= 4 is 5.82 Å². The first-order valence-corrected chi connectivity index (χ1v) is 6.74. The van der Waals surface area contributed by atoms with Gasteiger partial charge in [-0.15, -0.1) is 0 Å². The van der Waals surface area contributed by atoms with Gasteiger partial charge in [-0.1, -0.05) is 31.2 Å². The minimum Gasteiger partial charge on any atom is -0.487 e. The third kappa shape index (κ3) is 3.71. The zero-order valence-electron chi connectivity index (χ0n) is 11.5. The van der Waals surface area contributed by atoms with Crippen molar-refractivity contribution in [2.45, 2.75) is 26.9 Å². The van der Waals surface area contributed by atoms with Crippen molar-refractivity contribution in [3.63, 3.8) is 0 Å². The molecule has 1 N–H and O–H groups in total. The van der Waals surface area contributed by atoms with E-state index in [1.807, 2.05) is 36.4 Å². The van der Waals surface area contributed by atoms with Crippen molar-refractivity contribution in [3.8, 4) is 5.75 Å². The smallest absolute Gasteiger partial charge is 0.130 e. The second-order valence-corrected chi connectivity index (χ2v) is 4.29. The Labute approximate surface area is 114 Å². The number of para-hydroxylation sites is 1. The Morgan fingerprint density at radius 2 is 1.89 bits per heavy atom. The summed E-state index contributed by atoms with van der Waals surface area (Å²) in [4.78, 5) is 4.50. The van der Waals surface area contributed by atoms with E-state index < -0.39 is 0 Å². The van der Waals surface area contributed by atoms with Crippen LogP contribution in [0.1, 0.15) is 25.1 Å². The normalized spacial score (nSPS) is 10.2. The summed E-state index contributed by atoms with van der Waals surface area (Å²) in [6.45, 7) is 5.56. The highest BCUT2D eigenvalue weighted by Crippen LogP contribution is 2.19. The minimum absolute atomic E-state index is 0.496. The number of nitrogens with one attached hydrogen (secondary N) is 1. The SMILES string of the molecule is CCNc1cccc(COc2ccccc2CC)n1. The molecule has 0 spiro atoms. The van der Waals surface area contributed by atoms with Gasteiger partial charge in [-0.3, -0.25) is 0 Å². The van der Waals surface area contributed by atoms with Crippen LogP contribution in [0.5, 0.6) is 5.75 Å². The average molecular weight is 256 g/mol. The molecule has 0 amide bonds. The van der Waals surface area contributed by atoms with Gasteiger partial charge in [-0.25, -0.2) is 4.98 Å². The van der Waals surface area contributed by atoms with Crippen molar-refractivity contribution in [2.75, 3.05) is 11.9 Å². The van der Waals surface area contributed by atoms with Crippen LogP contribution in [-0.4, -0.2) is 11.5 Å². The van der Waals surface area contributed by atoms with Crippen LogP contribution in [0.15, 0.2) is 42.5 Å². The van der Waals surface area contributed by atoms with Crippen LogP contribution in [0.2, 0.25) is 0 Å². The molecule has 0 aliphatic rings. The highest BCUT2D eigenvalue weighted by atomic mass is 16.5. The molecule has 0 fully saturated rings. The van der Waals surface area contributed by atoms with Crippen LogP contribution < -0.4 is 10.1 Å². The van der Waals surface area contributed by atoms with Crippen LogP contribution in [-0.2, 0) is 13.0 Å². The van der Waals surface area contributed by atoms with Gasteiger partial charge in [0, 0.05) is 6.54 Å². The highest BCUT2D eigenvalue weighted by Gasteiger charge is 2.02. The molecule has 0 bridgehead atoms. The fraction of sp³-hybridized carbons (Fsp3) is 0.312. The number of benzene rings is 1. The predicted molar refractivity (Wildman–Crippen MR) is 78.6 cm³/mol. The lowest BCUT2D eigenvalue weighted by Crippen LogP contribution is -2.04. The zero-order valence-corrected chi connectivity index (χ0v) is 11.5. The van der Waals surface area contributed by atoms with Crippen molar-refractivity contribution in [1.29, 1.82) is 0 Å². The number of pyridine rings is 1. The van der Waals surface area contributed by atoms with Gasteiger partial charge in [-0.05, 0) is 37.1 Å². The topological polar surface area (TPSA) is 34.1 Å². The quantitative estimate of drug-likeness (QED) is 0.856. The van der Waals surface area contributed by atoms with Gasteiger partial charge in [0.05, 0.1) is 5.69 Å². The number of hydrogen-bond acceptors (Lipinski definition) is 3. The van der Waals surface area contributed by atoms with Gasteiger partial charge in [0.2, 0.25) is 0 Å². The summed E-state index contributed by atoms with van der Waals surface area (Å²) in [5, 5.41) is 3.20. The van der Waals surface area contributed by atoms with E-state index in [1.54, 1.807) is 0 Å². The lowest BCUT2D eigenvalue weighted by atomic mass is 10.1. The van der Waals surface area contributed by atoms with E-state index in [-0.39, 0.29) is 0 Å². The monoisotopic (exact) mass is 256 g/mol. The molecule has 0 aliphatic heterocycles. The van der Waals surface area contributed by atoms with E-state index >= 15 is 0 Å². The molecule has 3 nitrogen and oxygen atoms in total. The van der Waals surface area contributed by atoms with Gasteiger partial charge in [-0.2, -0.15) is 0 Å². The summed E-state index contributed by atoms with van der Waals surface area (Å²) in [7, 11) is 0. The maximum Gasteiger partial charge on any atom is 0.130 e. The fourth-order valence-corrected chi connectivity index (χ4v) is 1.93. The van der Waals surface area contributed by atoms with E-state index in [4.69, 9.17) is 4.74 Å². The first kappa shape index (κ1) is 13.4. The van der Waals surface area contributed by atoms with Gasteiger partial charge in [0.1, 0.15) is 18.2 Å². The molecule has 0 saturated carbocycles. The molecule has 0 saturated heterocycles. The van der Waals surface area contributed by atoms with Crippen LogP contribution >= 0.6 is 0 Å². The summed E-state index contributed by atoms with van der Waals surface area (Å²) in [5.74, 6) is 1.84. The van der Waals surface area contributed by atoms with Crippen molar-refractivity contribution in [2.24, 2.45) is 0 Å². The summed E-state index contributed by atoms with van der Waals surface area (Å²) in [5.41, 5.74) is 2.16. The summed E-state index contributed by atoms with van der Waals surface area (Å²) < 4.78 is 5.86. The molecule has 3 heteroatoms. The Balaban J connectivity index is 2.03. The predicted octanol–water partition coefficient (Wildman–Crippen LogP) is 3.65. The van der Waals surface area contributed by atoms with Gasteiger partial charge >= 0.3 is 0 Å². The molecule has 0 aliphatic carbocycles. The Bertz CT molecular complexity index is 526. The molecule has 19 heavy (non-hydrogen) atoms. The summed E-state index contributed by atoms with van der Waals surface area (Å²) in [6.07, 6.45) is 0.973. The number of hydrogen-bond donors (Lipinski definition) is 1. The molecule has 1 aromatic heterocycles. The third-order valence-corrected chi connectivity index (χ3v) is 2.89. The van der Waals surface area contributed by atoms with Gasteiger partial charge < -0.3 is 10.1 Å². The number of aryl methyl sites for hydroxylation is 1. The van der Waals surface area contributed by atoms with Crippen molar-refractivity contribution in [3.05, 3.63) is 53.7 Å². The average Bonchev–Trinajstić information content (AvgIpc) is 2.46. The Morgan fingerprint density at radius 1 is 1.05 bits per heavy atom. The molecule has 100 valence electrons. The molecule has 0 atom stereocenters. The Morgan fingerprint density at radius 3 is 2.68 bits per heavy atom. The first-order chi connectivity index (χ1) is 9.33. The van der Waals surface area contributed by atoms with Gasteiger partial charge in [0.15, 0.2) is 0 Å². The highest BCUT2D eigenvalue weighted by molar-refractivity contribution is 5.36. The summed E-state index contributed by atoms with van der Waals surface area (Å²) >= 11 is 0. The maximum absolute atomic E-state index is 5.86. The number of nitrogens with zero attached hydrogens (tertiary/aromatic N) is 1. The lowest BCUT2D eigenvalue weighted by Gasteiger charge is -2.10. The standard InChI is InChI=1S/C16H20N2O/c1-3-13-8-5-6-10-15(13)19-12-14-9-7-11-16(18-14)17-4-2/h5-11H,3-4,12H2,1-2H3,(H,17,18). The van der Waals surface area contributed by atoms with Crippen LogP contribution in [0.3, 0.4) is 0 Å². The van der Waals surface area contributed by atoms with Crippen LogP contribution in [0.4, 0.5) is 5.82 Å². The van der Waals surface area contributed by atoms with E-state index in [2.05, 4.69) is 30.2 Å². The molecule has 0 radical (unpaired) electrons. The van der Waals surface area contributed by atoms with E-state index in [9.17, 15) is 0 Å². The lowest BCUT2D eigenvalue weighted by molar-refractivity contribution is 0.298. The number of ether oxygens (including phenoxy) is 1. The fourth-order valence-electron chi connectivity index (χ4n) is 1.93. The maximum atomic E-state index is 5.86. The minimum atomic E-state index is 0.496. The van der Waals surface area contributed by atoms with Crippen LogP contribution in [0, 0.1) is 0 Å². The molecular weight excluding hydrogens is 236 g/mol. The second kappa shape index (κ2) is 6.78. The Kier molecular flexibility index (Phi) is 4.78. The number of rotatable bonds is 6. The van der Waals surface area contributed by atoms with Crippen molar-refractivity contribution in [1.82, 2.24) is 4.98 Å². The Hall–Kier alpha value is -2.03. The molecule has 1 heterocycles. The van der Waals surface area contributed by atoms with Crippen molar-refractivity contribution < 1.29 is 4.74 Å². The molecule has 0 unspecified atom stereocenters. The van der Waals surface area contributed by atoms with E-state index in [0.717, 1.165) is 30.2 Å². The largest absolute Gasteiger partial charge is 0.487 e.